The van der Waals surface area contributed by atoms with E-state index in [-0.39, 0.29) is 23.0 Å². The van der Waals surface area contributed by atoms with Gasteiger partial charge in [-0.1, -0.05) is 0 Å². The predicted molar refractivity (Wildman–Crippen MR) is 66.8 cm³/mol. The van der Waals surface area contributed by atoms with Crippen molar-refractivity contribution in [1.29, 1.82) is 5.26 Å². The molecular weight excluding hydrogens is 262 g/mol. The largest absolute Gasteiger partial charge is 0.493 e. The number of aromatic nitrogens is 2. The number of nitriles is 1. The first-order valence-corrected chi connectivity index (χ1v) is 5.46. The van der Waals surface area contributed by atoms with Crippen molar-refractivity contribution < 1.29 is 19.4 Å². The molecule has 7 heteroatoms. The van der Waals surface area contributed by atoms with Crippen LogP contribution in [0.15, 0.2) is 30.5 Å². The minimum absolute atomic E-state index is 0.0391. The quantitative estimate of drug-likeness (QED) is 0.904. The van der Waals surface area contributed by atoms with Gasteiger partial charge in [0, 0.05) is 6.20 Å². The Bertz CT molecular complexity index is 694. The fraction of sp³-hybridized carbons (Fsp3) is 0.0769. The molecule has 1 aromatic heterocycles. The summed E-state index contributed by atoms with van der Waals surface area (Å²) in [6.45, 7) is 0. The van der Waals surface area contributed by atoms with Gasteiger partial charge in [0.2, 0.25) is 0 Å². The van der Waals surface area contributed by atoms with Crippen molar-refractivity contribution in [3.05, 3.63) is 41.7 Å². The van der Waals surface area contributed by atoms with Crippen LogP contribution in [0.5, 0.6) is 17.5 Å². The van der Waals surface area contributed by atoms with Crippen molar-refractivity contribution >= 4 is 5.97 Å². The van der Waals surface area contributed by atoms with Gasteiger partial charge in [-0.15, -0.1) is 0 Å². The summed E-state index contributed by atoms with van der Waals surface area (Å²) >= 11 is 0. The van der Waals surface area contributed by atoms with E-state index in [0.717, 1.165) is 0 Å². The van der Waals surface area contributed by atoms with Crippen molar-refractivity contribution in [3.63, 3.8) is 0 Å². The number of rotatable bonds is 4. The van der Waals surface area contributed by atoms with Gasteiger partial charge < -0.3 is 14.6 Å². The Morgan fingerprint density at radius 2 is 2.15 bits per heavy atom. The summed E-state index contributed by atoms with van der Waals surface area (Å²) in [6, 6.07) is 7.37. The van der Waals surface area contributed by atoms with Crippen LogP contribution >= 0.6 is 0 Å². The van der Waals surface area contributed by atoms with E-state index in [1.807, 2.05) is 6.07 Å². The Labute approximate surface area is 114 Å². The van der Waals surface area contributed by atoms with Gasteiger partial charge in [-0.25, -0.2) is 9.78 Å². The van der Waals surface area contributed by atoms with Crippen molar-refractivity contribution in [2.24, 2.45) is 0 Å². The molecule has 1 aromatic carbocycles. The Morgan fingerprint density at radius 3 is 2.80 bits per heavy atom. The number of benzene rings is 1. The first-order chi connectivity index (χ1) is 9.63. The van der Waals surface area contributed by atoms with Gasteiger partial charge in [-0.2, -0.15) is 10.2 Å². The van der Waals surface area contributed by atoms with Crippen LogP contribution < -0.4 is 9.47 Å². The molecule has 0 saturated carbocycles. The SMILES string of the molecule is COc1ccc(C(=O)O)cc1Oc1nccc(C#N)n1. The Balaban J connectivity index is 2.38. The predicted octanol–water partition coefficient (Wildman–Crippen LogP) is 1.85. The number of carboxylic acids is 1. The fourth-order valence-electron chi connectivity index (χ4n) is 1.44. The highest BCUT2D eigenvalue weighted by molar-refractivity contribution is 5.88. The van der Waals surface area contributed by atoms with Crippen molar-refractivity contribution in [3.8, 4) is 23.6 Å². The first-order valence-electron chi connectivity index (χ1n) is 5.46. The molecule has 1 N–H and O–H groups in total. The van der Waals surface area contributed by atoms with Gasteiger partial charge in [-0.3, -0.25) is 0 Å². The van der Waals surface area contributed by atoms with Gasteiger partial charge in [0.15, 0.2) is 11.5 Å². The van der Waals surface area contributed by atoms with Gasteiger partial charge in [0.25, 0.3) is 0 Å². The average molecular weight is 271 g/mol. The molecule has 0 radical (unpaired) electrons. The molecular formula is C13H9N3O4. The summed E-state index contributed by atoms with van der Waals surface area (Å²) in [5.74, 6) is -0.604. The van der Waals surface area contributed by atoms with Gasteiger partial charge in [0.1, 0.15) is 11.8 Å². The minimum atomic E-state index is -1.09. The second-order valence-electron chi connectivity index (χ2n) is 3.61. The molecule has 2 aromatic rings. The van der Waals surface area contributed by atoms with E-state index in [9.17, 15) is 4.79 Å². The van der Waals surface area contributed by atoms with Crippen LogP contribution in [-0.4, -0.2) is 28.2 Å². The molecule has 0 spiro atoms. The summed E-state index contributed by atoms with van der Waals surface area (Å²) in [5, 5.41) is 17.7. The molecule has 0 amide bonds. The van der Waals surface area contributed by atoms with E-state index in [1.54, 1.807) is 0 Å². The summed E-state index contributed by atoms with van der Waals surface area (Å²) in [6.07, 6.45) is 1.37. The monoisotopic (exact) mass is 271 g/mol. The smallest absolute Gasteiger partial charge is 0.335 e. The Hall–Kier alpha value is -3.14. The minimum Gasteiger partial charge on any atom is -0.493 e. The zero-order valence-electron chi connectivity index (χ0n) is 10.4. The summed E-state index contributed by atoms with van der Waals surface area (Å²) < 4.78 is 10.4. The van der Waals surface area contributed by atoms with Crippen molar-refractivity contribution in [2.75, 3.05) is 7.11 Å². The van der Waals surface area contributed by atoms with Crippen molar-refractivity contribution in [2.45, 2.75) is 0 Å². The summed E-state index contributed by atoms with van der Waals surface area (Å²) in [4.78, 5) is 18.6. The third kappa shape index (κ3) is 2.81. The number of carboxylic acid groups (broad SMARTS) is 1. The van der Waals surface area contributed by atoms with E-state index in [4.69, 9.17) is 19.8 Å². The maximum absolute atomic E-state index is 10.9. The van der Waals surface area contributed by atoms with Gasteiger partial charge in [0.05, 0.1) is 12.7 Å². The number of aromatic carboxylic acids is 1. The van der Waals surface area contributed by atoms with Gasteiger partial charge >= 0.3 is 12.0 Å². The Kier molecular flexibility index (Phi) is 3.77. The molecule has 0 fully saturated rings. The van der Waals surface area contributed by atoms with Crippen LogP contribution in [0.2, 0.25) is 0 Å². The highest BCUT2D eigenvalue weighted by Gasteiger charge is 2.12. The molecule has 0 aliphatic carbocycles. The number of methoxy groups -OCH3 is 1. The third-order valence-electron chi connectivity index (χ3n) is 2.36. The molecule has 7 nitrogen and oxygen atoms in total. The van der Waals surface area contributed by atoms with Crippen LogP contribution in [0.4, 0.5) is 0 Å². The lowest BCUT2D eigenvalue weighted by Crippen LogP contribution is -2.00. The van der Waals surface area contributed by atoms with Crippen LogP contribution in [0, 0.1) is 11.3 Å². The zero-order valence-corrected chi connectivity index (χ0v) is 10.4. The number of nitrogens with zero attached hydrogens (tertiary/aromatic N) is 3. The molecule has 1 heterocycles. The molecule has 2 rings (SSSR count). The van der Waals surface area contributed by atoms with E-state index >= 15 is 0 Å². The topological polar surface area (TPSA) is 105 Å². The van der Waals surface area contributed by atoms with Crippen LogP contribution in [0.25, 0.3) is 0 Å². The Morgan fingerprint density at radius 1 is 1.35 bits per heavy atom. The molecule has 100 valence electrons. The first kappa shape index (κ1) is 13.3. The molecule has 0 bridgehead atoms. The normalized spacial score (nSPS) is 9.60. The number of carbonyl (C=O) groups is 1. The molecule has 0 aliphatic heterocycles. The van der Waals surface area contributed by atoms with E-state index in [2.05, 4.69) is 9.97 Å². The molecule has 0 atom stereocenters. The molecule has 0 unspecified atom stereocenters. The number of ether oxygens (including phenoxy) is 2. The standard InChI is InChI=1S/C13H9N3O4/c1-19-10-3-2-8(12(17)18)6-11(10)20-13-15-5-4-9(7-14)16-13/h2-6H,1H3,(H,17,18). The number of hydrogen-bond acceptors (Lipinski definition) is 6. The second-order valence-corrected chi connectivity index (χ2v) is 3.61. The van der Waals surface area contributed by atoms with Crippen LogP contribution in [0.3, 0.4) is 0 Å². The molecule has 0 aliphatic rings. The lowest BCUT2D eigenvalue weighted by Gasteiger charge is -2.09. The highest BCUT2D eigenvalue weighted by Crippen LogP contribution is 2.31. The lowest BCUT2D eigenvalue weighted by molar-refractivity contribution is 0.0696. The summed E-state index contributed by atoms with van der Waals surface area (Å²) in [7, 11) is 1.43. The molecule has 0 saturated heterocycles. The van der Waals surface area contributed by atoms with E-state index in [1.165, 1.54) is 37.6 Å². The number of hydrogen-bond donors (Lipinski definition) is 1. The van der Waals surface area contributed by atoms with Crippen molar-refractivity contribution in [1.82, 2.24) is 9.97 Å². The second kappa shape index (κ2) is 5.67. The van der Waals surface area contributed by atoms with Crippen LogP contribution in [0.1, 0.15) is 16.1 Å². The summed E-state index contributed by atoms with van der Waals surface area (Å²) in [5.41, 5.74) is 0.181. The van der Waals surface area contributed by atoms with Gasteiger partial charge in [-0.05, 0) is 24.3 Å². The van der Waals surface area contributed by atoms with E-state index in [0.29, 0.717) is 5.75 Å². The average Bonchev–Trinajstić information content (AvgIpc) is 2.47. The maximum atomic E-state index is 10.9. The highest BCUT2D eigenvalue weighted by atomic mass is 16.5. The molecule has 20 heavy (non-hydrogen) atoms. The van der Waals surface area contributed by atoms with E-state index < -0.39 is 5.97 Å². The fourth-order valence-corrected chi connectivity index (χ4v) is 1.44. The maximum Gasteiger partial charge on any atom is 0.335 e. The zero-order chi connectivity index (χ0) is 14.5. The van der Waals surface area contributed by atoms with Crippen LogP contribution in [-0.2, 0) is 0 Å². The third-order valence-corrected chi connectivity index (χ3v) is 2.36. The lowest BCUT2D eigenvalue weighted by atomic mass is 10.2.